The third-order valence-corrected chi connectivity index (χ3v) is 3.91. The molecule has 0 spiro atoms. The number of hydrogen-bond acceptors (Lipinski definition) is 6. The molecule has 0 saturated carbocycles. The SMILES string of the molecule is Cc1nc(NCCNC(=O)Nc2ccc(C)c(F)c2)cc(Nc2ccccn2)n1. The zero-order valence-electron chi connectivity index (χ0n) is 16.2. The average Bonchev–Trinajstić information content (AvgIpc) is 2.68. The fourth-order valence-electron chi connectivity index (χ4n) is 2.50. The van der Waals surface area contributed by atoms with Crippen LogP contribution in [0, 0.1) is 19.7 Å². The van der Waals surface area contributed by atoms with Gasteiger partial charge in [-0.15, -0.1) is 0 Å². The third-order valence-electron chi connectivity index (χ3n) is 3.91. The van der Waals surface area contributed by atoms with Gasteiger partial charge >= 0.3 is 6.03 Å². The number of urea groups is 1. The number of amides is 2. The molecule has 0 aliphatic carbocycles. The number of carbonyl (C=O) groups is 1. The quantitative estimate of drug-likeness (QED) is 0.456. The lowest BCUT2D eigenvalue weighted by Gasteiger charge is -2.11. The maximum absolute atomic E-state index is 13.5. The first-order chi connectivity index (χ1) is 14.0. The van der Waals surface area contributed by atoms with Crippen molar-refractivity contribution in [2.45, 2.75) is 13.8 Å². The van der Waals surface area contributed by atoms with Crippen LogP contribution < -0.4 is 21.3 Å². The number of hydrogen-bond donors (Lipinski definition) is 4. The number of benzene rings is 1. The summed E-state index contributed by atoms with van der Waals surface area (Å²) in [5, 5.41) is 11.5. The van der Waals surface area contributed by atoms with E-state index < -0.39 is 6.03 Å². The van der Waals surface area contributed by atoms with Crippen molar-refractivity contribution in [3.8, 4) is 0 Å². The van der Waals surface area contributed by atoms with Gasteiger partial charge in [-0.3, -0.25) is 0 Å². The molecular formula is C20H22FN7O. The van der Waals surface area contributed by atoms with Gasteiger partial charge in [-0.1, -0.05) is 12.1 Å². The molecule has 0 saturated heterocycles. The zero-order chi connectivity index (χ0) is 20.6. The molecule has 2 heterocycles. The summed E-state index contributed by atoms with van der Waals surface area (Å²) in [6, 6.07) is 11.4. The summed E-state index contributed by atoms with van der Waals surface area (Å²) in [5.41, 5.74) is 0.924. The summed E-state index contributed by atoms with van der Waals surface area (Å²) in [5.74, 6) is 2.16. The average molecular weight is 395 g/mol. The molecule has 3 rings (SSSR count). The summed E-state index contributed by atoms with van der Waals surface area (Å²) in [6.07, 6.45) is 1.69. The second-order valence-corrected chi connectivity index (χ2v) is 6.30. The van der Waals surface area contributed by atoms with Crippen LogP contribution in [-0.4, -0.2) is 34.1 Å². The maximum Gasteiger partial charge on any atom is 0.319 e. The summed E-state index contributed by atoms with van der Waals surface area (Å²) >= 11 is 0. The number of rotatable bonds is 7. The molecule has 0 atom stereocenters. The second kappa shape index (κ2) is 9.45. The molecule has 29 heavy (non-hydrogen) atoms. The second-order valence-electron chi connectivity index (χ2n) is 6.30. The van der Waals surface area contributed by atoms with Gasteiger partial charge in [0.15, 0.2) is 0 Å². The number of nitrogens with zero attached hydrogens (tertiary/aromatic N) is 3. The molecular weight excluding hydrogens is 373 g/mol. The van der Waals surface area contributed by atoms with Crippen molar-refractivity contribution in [2.75, 3.05) is 29.0 Å². The number of aromatic nitrogens is 3. The van der Waals surface area contributed by atoms with Crippen LogP contribution >= 0.6 is 0 Å². The number of halogens is 1. The number of nitrogens with one attached hydrogen (secondary N) is 4. The van der Waals surface area contributed by atoms with E-state index in [9.17, 15) is 9.18 Å². The van der Waals surface area contributed by atoms with Crippen molar-refractivity contribution >= 4 is 29.2 Å². The van der Waals surface area contributed by atoms with Gasteiger partial charge in [0.2, 0.25) is 0 Å². The monoisotopic (exact) mass is 395 g/mol. The fraction of sp³-hybridized carbons (Fsp3) is 0.200. The van der Waals surface area contributed by atoms with E-state index in [4.69, 9.17) is 0 Å². The van der Waals surface area contributed by atoms with Crippen molar-refractivity contribution in [2.24, 2.45) is 0 Å². The predicted octanol–water partition coefficient (Wildman–Crippen LogP) is 3.60. The molecule has 9 heteroatoms. The minimum Gasteiger partial charge on any atom is -0.368 e. The standard InChI is InChI=1S/C20H22FN7O/c1-13-6-7-15(11-16(13)21)27-20(29)24-10-9-23-18-12-19(26-14(2)25-18)28-17-5-3-4-8-22-17/h3-8,11-12H,9-10H2,1-2H3,(H2,24,27,29)(H2,22,23,25,26,28). The molecule has 0 aliphatic rings. The van der Waals surface area contributed by atoms with Crippen molar-refractivity contribution in [1.29, 1.82) is 0 Å². The Labute approximate surface area is 168 Å². The Balaban J connectivity index is 1.47. The lowest BCUT2D eigenvalue weighted by Crippen LogP contribution is -2.32. The molecule has 4 N–H and O–H groups in total. The van der Waals surface area contributed by atoms with E-state index >= 15 is 0 Å². The van der Waals surface area contributed by atoms with Crippen LogP contribution in [0.1, 0.15) is 11.4 Å². The van der Waals surface area contributed by atoms with Gasteiger partial charge in [-0.2, -0.15) is 0 Å². The Morgan fingerprint density at radius 1 is 1.00 bits per heavy atom. The number of anilines is 4. The van der Waals surface area contributed by atoms with E-state index in [2.05, 4.69) is 36.2 Å². The molecule has 0 fully saturated rings. The van der Waals surface area contributed by atoms with Crippen LogP contribution in [0.15, 0.2) is 48.7 Å². The van der Waals surface area contributed by atoms with Gasteiger partial charge in [0, 0.05) is 31.0 Å². The van der Waals surface area contributed by atoms with Gasteiger partial charge in [-0.05, 0) is 43.7 Å². The highest BCUT2D eigenvalue weighted by atomic mass is 19.1. The van der Waals surface area contributed by atoms with Gasteiger partial charge in [0.25, 0.3) is 0 Å². The topological polar surface area (TPSA) is 104 Å². The highest BCUT2D eigenvalue weighted by Crippen LogP contribution is 2.15. The van der Waals surface area contributed by atoms with Crippen molar-refractivity contribution in [3.63, 3.8) is 0 Å². The van der Waals surface area contributed by atoms with E-state index in [1.807, 2.05) is 18.2 Å². The van der Waals surface area contributed by atoms with Crippen molar-refractivity contribution < 1.29 is 9.18 Å². The van der Waals surface area contributed by atoms with E-state index in [1.165, 1.54) is 6.07 Å². The van der Waals surface area contributed by atoms with Gasteiger partial charge in [0.1, 0.15) is 29.1 Å². The Kier molecular flexibility index (Phi) is 6.51. The van der Waals surface area contributed by atoms with E-state index in [0.717, 1.165) is 0 Å². The minimum absolute atomic E-state index is 0.353. The summed E-state index contributed by atoms with van der Waals surface area (Å²) in [6.45, 7) is 4.26. The van der Waals surface area contributed by atoms with Crippen molar-refractivity contribution in [3.05, 3.63) is 65.9 Å². The Bertz CT molecular complexity index is 982. The molecule has 2 amide bonds. The van der Waals surface area contributed by atoms with Gasteiger partial charge in [-0.25, -0.2) is 24.1 Å². The first kappa shape index (κ1) is 20.0. The van der Waals surface area contributed by atoms with E-state index in [0.29, 0.717) is 47.6 Å². The van der Waals surface area contributed by atoms with E-state index in [1.54, 1.807) is 38.2 Å². The van der Waals surface area contributed by atoms with Crippen LogP contribution in [-0.2, 0) is 0 Å². The van der Waals surface area contributed by atoms with Gasteiger partial charge in [0.05, 0.1) is 0 Å². The van der Waals surface area contributed by atoms with Crippen LogP contribution in [0.2, 0.25) is 0 Å². The lowest BCUT2D eigenvalue weighted by atomic mass is 10.2. The van der Waals surface area contributed by atoms with Crippen molar-refractivity contribution in [1.82, 2.24) is 20.3 Å². The van der Waals surface area contributed by atoms with Crippen LogP contribution in [0.5, 0.6) is 0 Å². The number of pyridine rings is 1. The predicted molar refractivity (Wildman–Crippen MR) is 111 cm³/mol. The van der Waals surface area contributed by atoms with Crippen LogP contribution in [0.25, 0.3) is 0 Å². The molecule has 3 aromatic rings. The minimum atomic E-state index is -0.411. The number of carbonyl (C=O) groups excluding carboxylic acids is 1. The van der Waals surface area contributed by atoms with E-state index in [-0.39, 0.29) is 5.82 Å². The molecule has 0 radical (unpaired) electrons. The highest BCUT2D eigenvalue weighted by molar-refractivity contribution is 5.89. The molecule has 0 unspecified atom stereocenters. The van der Waals surface area contributed by atoms with Crippen LogP contribution in [0.4, 0.5) is 32.3 Å². The van der Waals surface area contributed by atoms with Gasteiger partial charge < -0.3 is 21.3 Å². The lowest BCUT2D eigenvalue weighted by molar-refractivity contribution is 0.252. The Morgan fingerprint density at radius 3 is 2.59 bits per heavy atom. The molecule has 8 nitrogen and oxygen atoms in total. The molecule has 0 bridgehead atoms. The fourth-order valence-corrected chi connectivity index (χ4v) is 2.50. The number of aryl methyl sites for hydroxylation is 2. The summed E-state index contributed by atoms with van der Waals surface area (Å²) in [7, 11) is 0. The molecule has 2 aromatic heterocycles. The zero-order valence-corrected chi connectivity index (χ0v) is 16.2. The smallest absolute Gasteiger partial charge is 0.319 e. The first-order valence-electron chi connectivity index (χ1n) is 9.08. The highest BCUT2D eigenvalue weighted by Gasteiger charge is 2.05. The van der Waals surface area contributed by atoms with Crippen LogP contribution in [0.3, 0.4) is 0 Å². The maximum atomic E-state index is 13.5. The first-order valence-corrected chi connectivity index (χ1v) is 9.08. The molecule has 0 aliphatic heterocycles. The Hall–Kier alpha value is -3.75. The normalized spacial score (nSPS) is 10.3. The summed E-state index contributed by atoms with van der Waals surface area (Å²) in [4.78, 5) is 24.8. The Morgan fingerprint density at radius 2 is 1.83 bits per heavy atom. The molecule has 1 aromatic carbocycles. The third kappa shape index (κ3) is 6.13. The summed E-state index contributed by atoms with van der Waals surface area (Å²) < 4.78 is 13.5. The molecule has 150 valence electrons. The largest absolute Gasteiger partial charge is 0.368 e.